The second-order valence-corrected chi connectivity index (χ2v) is 9.78. The number of benzene rings is 3. The summed E-state index contributed by atoms with van der Waals surface area (Å²) in [5.41, 5.74) is 1.70. The Labute approximate surface area is 263 Å². The van der Waals surface area contributed by atoms with Crippen molar-refractivity contribution in [1.29, 1.82) is 5.41 Å². The molecule has 0 spiro atoms. The first-order chi connectivity index (χ1) is 22.0. The van der Waals surface area contributed by atoms with Crippen molar-refractivity contribution in [2.24, 2.45) is 0 Å². The number of alkyl halides is 6. The fraction of sp³-hybridized carbons (Fsp3) is 0.188. The summed E-state index contributed by atoms with van der Waals surface area (Å²) < 4.78 is 77.7. The normalized spacial score (nSPS) is 11.9. The van der Waals surface area contributed by atoms with Gasteiger partial charge < -0.3 is 24.8 Å². The SMILES string of the molecule is N=c1ccccn1CCOc1ccc(C(=O)NC(CC(=O)O)c2ccc(-c3ccc(C(F)(F)F)cc3)cc2)cc1.O=C(O)C(F)(F)F. The van der Waals surface area contributed by atoms with Crippen molar-refractivity contribution in [3.63, 3.8) is 0 Å². The monoisotopic (exact) mass is 663 g/mol. The van der Waals surface area contributed by atoms with E-state index in [1.54, 1.807) is 71.4 Å². The lowest BCUT2D eigenvalue weighted by molar-refractivity contribution is -0.192. The van der Waals surface area contributed by atoms with Gasteiger partial charge in [-0.3, -0.25) is 15.0 Å². The molecule has 1 unspecified atom stereocenters. The van der Waals surface area contributed by atoms with Crippen LogP contribution in [0.25, 0.3) is 11.1 Å². The van der Waals surface area contributed by atoms with Crippen molar-refractivity contribution in [3.8, 4) is 16.9 Å². The number of aliphatic carboxylic acids is 2. The number of pyridine rings is 1. The Morgan fingerprint density at radius 1 is 0.809 bits per heavy atom. The molecule has 4 aromatic rings. The lowest BCUT2D eigenvalue weighted by Crippen LogP contribution is -2.30. The highest BCUT2D eigenvalue weighted by atomic mass is 19.4. The molecule has 1 atom stereocenters. The van der Waals surface area contributed by atoms with Gasteiger partial charge >= 0.3 is 24.3 Å². The second kappa shape index (κ2) is 15.6. The zero-order valence-electron chi connectivity index (χ0n) is 24.2. The smallest absolute Gasteiger partial charge is 0.490 e. The number of nitrogens with zero attached hydrogens (tertiary/aromatic N) is 1. The highest BCUT2D eigenvalue weighted by molar-refractivity contribution is 5.94. The summed E-state index contributed by atoms with van der Waals surface area (Å²) in [6.07, 6.45) is -8.08. The summed E-state index contributed by atoms with van der Waals surface area (Å²) in [7, 11) is 0. The number of ether oxygens (including phenoxy) is 1. The molecule has 1 heterocycles. The molecule has 0 bridgehead atoms. The number of rotatable bonds is 10. The average molecular weight is 664 g/mol. The van der Waals surface area contributed by atoms with E-state index in [1.165, 1.54) is 12.1 Å². The van der Waals surface area contributed by atoms with Crippen LogP contribution in [0.2, 0.25) is 0 Å². The Bertz CT molecular complexity index is 1720. The summed E-state index contributed by atoms with van der Waals surface area (Å²) in [6.45, 7) is 0.811. The fourth-order valence-corrected chi connectivity index (χ4v) is 4.06. The van der Waals surface area contributed by atoms with Gasteiger partial charge in [-0.2, -0.15) is 26.3 Å². The standard InChI is InChI=1S/C30H26F3N3O4.C2HF3O2/c31-30(32,33)24-12-8-21(9-13-24)20-4-6-22(7-5-20)26(19-28(37)38)35-29(39)23-10-14-25(15-11-23)40-18-17-36-16-2-1-3-27(36)34;3-2(4,5)1(6)7/h1-16,26,34H,17-19H2,(H,35,39)(H,37,38);(H,6,7). The van der Waals surface area contributed by atoms with Crippen LogP contribution < -0.4 is 15.5 Å². The van der Waals surface area contributed by atoms with Gasteiger partial charge in [-0.1, -0.05) is 42.5 Å². The van der Waals surface area contributed by atoms with Crippen molar-refractivity contribution in [3.05, 3.63) is 119 Å². The van der Waals surface area contributed by atoms with Crippen molar-refractivity contribution >= 4 is 17.8 Å². The van der Waals surface area contributed by atoms with Crippen LogP contribution >= 0.6 is 0 Å². The molecule has 0 radical (unpaired) electrons. The van der Waals surface area contributed by atoms with E-state index in [0.717, 1.165) is 12.1 Å². The largest absolute Gasteiger partial charge is 0.492 e. The molecule has 248 valence electrons. The molecular weight excluding hydrogens is 636 g/mol. The molecule has 3 aromatic carbocycles. The molecule has 0 aliphatic heterocycles. The van der Waals surface area contributed by atoms with Crippen LogP contribution in [0.5, 0.6) is 5.75 Å². The van der Waals surface area contributed by atoms with Crippen LogP contribution in [0.15, 0.2) is 97.2 Å². The molecule has 0 aliphatic rings. The second-order valence-electron chi connectivity index (χ2n) is 9.78. The maximum atomic E-state index is 12.9. The number of carboxylic acid groups (broad SMARTS) is 2. The number of aromatic nitrogens is 1. The summed E-state index contributed by atoms with van der Waals surface area (Å²) in [5.74, 6) is -3.79. The number of carbonyl (C=O) groups is 3. The van der Waals surface area contributed by atoms with Crippen LogP contribution in [-0.4, -0.2) is 45.4 Å². The molecule has 0 saturated heterocycles. The Morgan fingerprint density at radius 3 is 1.85 bits per heavy atom. The van der Waals surface area contributed by atoms with Crippen LogP contribution in [0, 0.1) is 5.41 Å². The van der Waals surface area contributed by atoms with E-state index in [-0.39, 0.29) is 6.42 Å². The molecule has 1 aromatic heterocycles. The Morgan fingerprint density at radius 2 is 1.36 bits per heavy atom. The van der Waals surface area contributed by atoms with Crippen molar-refractivity contribution in [1.82, 2.24) is 9.88 Å². The van der Waals surface area contributed by atoms with Gasteiger partial charge in [-0.25, -0.2) is 4.79 Å². The average Bonchev–Trinajstić information content (AvgIpc) is 3.01. The molecule has 0 aliphatic carbocycles. The lowest BCUT2D eigenvalue weighted by Gasteiger charge is -2.18. The highest BCUT2D eigenvalue weighted by Gasteiger charge is 2.38. The van der Waals surface area contributed by atoms with Crippen LogP contribution in [0.4, 0.5) is 26.3 Å². The molecular formula is C32H27F6N3O6. The number of hydrogen-bond acceptors (Lipinski definition) is 5. The van der Waals surface area contributed by atoms with E-state index >= 15 is 0 Å². The topological polar surface area (TPSA) is 142 Å². The number of hydrogen-bond donors (Lipinski definition) is 4. The summed E-state index contributed by atoms with van der Waals surface area (Å²) in [5, 5.41) is 27.1. The van der Waals surface area contributed by atoms with E-state index < -0.39 is 41.8 Å². The number of nitrogens with one attached hydrogen (secondary N) is 2. The van der Waals surface area contributed by atoms with Gasteiger partial charge in [0.15, 0.2) is 0 Å². The number of carboxylic acids is 2. The fourth-order valence-electron chi connectivity index (χ4n) is 4.06. The van der Waals surface area contributed by atoms with Crippen molar-refractivity contribution in [2.75, 3.05) is 6.61 Å². The maximum absolute atomic E-state index is 12.9. The van der Waals surface area contributed by atoms with E-state index in [1.807, 2.05) is 6.07 Å². The molecule has 4 N–H and O–H groups in total. The summed E-state index contributed by atoms with van der Waals surface area (Å²) in [4.78, 5) is 33.3. The molecule has 0 saturated carbocycles. The van der Waals surface area contributed by atoms with Crippen LogP contribution in [0.1, 0.15) is 33.9 Å². The molecule has 4 rings (SSSR count). The summed E-state index contributed by atoms with van der Waals surface area (Å²) >= 11 is 0. The Balaban J connectivity index is 0.000000771. The first kappa shape index (κ1) is 35.9. The van der Waals surface area contributed by atoms with Crippen molar-refractivity contribution < 1.29 is 55.7 Å². The van der Waals surface area contributed by atoms with Crippen LogP contribution in [-0.2, 0) is 22.3 Å². The predicted octanol–water partition coefficient (Wildman–Crippen LogP) is 6.31. The first-order valence-electron chi connectivity index (χ1n) is 13.6. The molecule has 9 nitrogen and oxygen atoms in total. The van der Waals surface area contributed by atoms with Gasteiger partial charge in [0.2, 0.25) is 0 Å². The minimum Gasteiger partial charge on any atom is -0.492 e. The minimum absolute atomic E-state index is 0.315. The van der Waals surface area contributed by atoms with Gasteiger partial charge in [0, 0.05) is 11.8 Å². The van der Waals surface area contributed by atoms with Gasteiger partial charge in [-0.05, 0) is 65.2 Å². The third kappa shape index (κ3) is 11.1. The van der Waals surface area contributed by atoms with Gasteiger partial charge in [0.05, 0.1) is 24.6 Å². The van der Waals surface area contributed by atoms with E-state index in [2.05, 4.69) is 5.32 Å². The van der Waals surface area contributed by atoms with Gasteiger partial charge in [-0.15, -0.1) is 0 Å². The third-order valence-electron chi connectivity index (χ3n) is 6.44. The number of halogens is 6. The van der Waals surface area contributed by atoms with Gasteiger partial charge in [0.1, 0.15) is 17.8 Å². The first-order valence-corrected chi connectivity index (χ1v) is 13.6. The Hall–Kier alpha value is -5.60. The van der Waals surface area contributed by atoms with Crippen molar-refractivity contribution in [2.45, 2.75) is 31.4 Å². The molecule has 1 amide bonds. The van der Waals surface area contributed by atoms with E-state index in [4.69, 9.17) is 20.0 Å². The summed E-state index contributed by atoms with van der Waals surface area (Å²) in [6, 6.07) is 22.2. The zero-order chi connectivity index (χ0) is 34.8. The minimum atomic E-state index is -5.08. The predicted molar refractivity (Wildman–Crippen MR) is 155 cm³/mol. The molecule has 15 heteroatoms. The highest BCUT2D eigenvalue weighted by Crippen LogP contribution is 2.31. The molecule has 47 heavy (non-hydrogen) atoms. The quantitative estimate of drug-likeness (QED) is 0.147. The van der Waals surface area contributed by atoms with Gasteiger partial charge in [0.25, 0.3) is 5.91 Å². The van der Waals surface area contributed by atoms with Crippen LogP contribution in [0.3, 0.4) is 0 Å². The number of carbonyl (C=O) groups excluding carboxylic acids is 1. The van der Waals surface area contributed by atoms with E-state index in [9.17, 15) is 41.0 Å². The molecule has 0 fully saturated rings. The third-order valence-corrected chi connectivity index (χ3v) is 6.44. The van der Waals surface area contributed by atoms with E-state index in [0.29, 0.717) is 46.6 Å². The maximum Gasteiger partial charge on any atom is 0.490 e. The number of amides is 1. The lowest BCUT2D eigenvalue weighted by atomic mass is 9.98. The zero-order valence-corrected chi connectivity index (χ0v) is 24.2. The Kier molecular flexibility index (Phi) is 11.9.